The third-order valence-electron chi connectivity index (χ3n) is 6.83. The zero-order chi connectivity index (χ0) is 27.0. The van der Waals surface area contributed by atoms with Gasteiger partial charge in [-0.05, 0) is 86.3 Å². The van der Waals surface area contributed by atoms with Crippen molar-refractivity contribution in [3.05, 3.63) is 70.7 Å². The van der Waals surface area contributed by atoms with E-state index >= 15 is 0 Å². The molecule has 0 bridgehead atoms. The van der Waals surface area contributed by atoms with E-state index in [2.05, 4.69) is 64.4 Å². The summed E-state index contributed by atoms with van der Waals surface area (Å²) in [6.07, 6.45) is -1.91. The Morgan fingerprint density at radius 2 is 1.68 bits per heavy atom. The molecule has 1 fully saturated rings. The fourth-order valence-corrected chi connectivity index (χ4v) is 6.50. The number of anilines is 7. The first-order valence-electron chi connectivity index (χ1n) is 12.4. The topological polar surface area (TPSA) is 34.6 Å². The quantitative estimate of drug-likeness (QED) is 0.246. The van der Waals surface area contributed by atoms with Crippen LogP contribution in [0.3, 0.4) is 0 Å². The van der Waals surface area contributed by atoms with Gasteiger partial charge in [-0.25, -0.2) is 4.98 Å². The van der Waals surface area contributed by atoms with Crippen molar-refractivity contribution >= 4 is 60.6 Å². The molecule has 38 heavy (non-hydrogen) atoms. The fourth-order valence-electron chi connectivity index (χ4n) is 4.65. The number of hydrogen-bond acceptors (Lipinski definition) is 7. The van der Waals surface area contributed by atoms with E-state index in [4.69, 9.17) is 0 Å². The van der Waals surface area contributed by atoms with Gasteiger partial charge in [-0.15, -0.1) is 22.7 Å². The molecular formula is C28H30F3N5S2. The Balaban J connectivity index is 1.28. The summed E-state index contributed by atoms with van der Waals surface area (Å²) in [6, 6.07) is 16.6. The van der Waals surface area contributed by atoms with Gasteiger partial charge in [0.2, 0.25) is 0 Å². The van der Waals surface area contributed by atoms with E-state index in [-0.39, 0.29) is 0 Å². The highest BCUT2D eigenvalue weighted by molar-refractivity contribution is 7.20. The van der Waals surface area contributed by atoms with Gasteiger partial charge in [0, 0.05) is 55.3 Å². The van der Waals surface area contributed by atoms with Crippen molar-refractivity contribution < 1.29 is 13.2 Å². The maximum absolute atomic E-state index is 13.0. The Hall–Kier alpha value is -3.24. The minimum Gasteiger partial charge on any atom is -0.363 e. The monoisotopic (exact) mass is 557 g/mol. The summed E-state index contributed by atoms with van der Waals surface area (Å²) >= 11 is 2.80. The number of nitrogens with zero attached hydrogens (tertiary/aromatic N) is 4. The average Bonchev–Trinajstić information content (AvgIpc) is 3.65. The fraction of sp³-hybridized carbons (Fsp3) is 0.321. The van der Waals surface area contributed by atoms with Crippen molar-refractivity contribution in [3.63, 3.8) is 0 Å². The van der Waals surface area contributed by atoms with Gasteiger partial charge in [-0.2, -0.15) is 13.2 Å². The van der Waals surface area contributed by atoms with E-state index in [0.29, 0.717) is 5.13 Å². The number of aryl methyl sites for hydroxylation is 2. The average molecular weight is 558 g/mol. The summed E-state index contributed by atoms with van der Waals surface area (Å²) in [7, 11) is 3.83. The van der Waals surface area contributed by atoms with Gasteiger partial charge in [0.25, 0.3) is 0 Å². The van der Waals surface area contributed by atoms with Crippen LogP contribution in [0.5, 0.6) is 0 Å². The van der Waals surface area contributed by atoms with E-state index in [9.17, 15) is 13.2 Å². The Bertz CT molecular complexity index is 1420. The zero-order valence-electron chi connectivity index (χ0n) is 21.8. The van der Waals surface area contributed by atoms with E-state index in [0.717, 1.165) is 63.7 Å². The van der Waals surface area contributed by atoms with E-state index in [1.165, 1.54) is 22.8 Å². The van der Waals surface area contributed by atoms with Gasteiger partial charge in [-0.1, -0.05) is 0 Å². The van der Waals surface area contributed by atoms with Crippen LogP contribution in [-0.2, 0) is 6.18 Å². The van der Waals surface area contributed by atoms with E-state index < -0.39 is 11.9 Å². The first-order chi connectivity index (χ1) is 18.1. The lowest BCUT2D eigenvalue weighted by atomic mass is 10.1. The van der Waals surface area contributed by atoms with Crippen LogP contribution in [0, 0.1) is 13.8 Å². The standard InChI is InChI=1S/C28H30F3N5S2/c1-18-16-21(34(3)25-11-12-26(38-25)36-13-5-6-14-36)8-9-22(18)32-20-7-10-23(19(2)15-20)35(4)27-33-24(17-37-27)28(29,30)31/h7-12,15-17,32H,5-6,13-14H2,1-4H3. The number of thiophene rings is 1. The second-order valence-electron chi connectivity index (χ2n) is 9.56. The van der Waals surface area contributed by atoms with Crippen LogP contribution in [0.15, 0.2) is 53.9 Å². The molecule has 0 atom stereocenters. The van der Waals surface area contributed by atoms with Crippen molar-refractivity contribution in [3.8, 4) is 0 Å². The van der Waals surface area contributed by atoms with Gasteiger partial charge >= 0.3 is 6.18 Å². The lowest BCUT2D eigenvalue weighted by molar-refractivity contribution is -0.140. The lowest BCUT2D eigenvalue weighted by Gasteiger charge is -2.21. The second kappa shape index (κ2) is 10.5. The normalized spacial score (nSPS) is 13.7. The van der Waals surface area contributed by atoms with Crippen LogP contribution in [0.25, 0.3) is 0 Å². The lowest BCUT2D eigenvalue weighted by Crippen LogP contribution is -2.15. The summed E-state index contributed by atoms with van der Waals surface area (Å²) in [5.74, 6) is 0. The molecule has 0 unspecified atom stereocenters. The summed E-state index contributed by atoms with van der Waals surface area (Å²) in [5.41, 5.74) is 5.02. The van der Waals surface area contributed by atoms with Crippen LogP contribution in [0.2, 0.25) is 0 Å². The van der Waals surface area contributed by atoms with Crippen molar-refractivity contribution in [1.29, 1.82) is 0 Å². The number of aromatic nitrogens is 1. The molecule has 4 aromatic rings. The van der Waals surface area contributed by atoms with Crippen molar-refractivity contribution in [2.45, 2.75) is 32.9 Å². The Labute approximate surface area is 229 Å². The van der Waals surface area contributed by atoms with Gasteiger partial charge < -0.3 is 20.0 Å². The highest BCUT2D eigenvalue weighted by Gasteiger charge is 2.34. The molecular weight excluding hydrogens is 527 g/mol. The molecule has 0 amide bonds. The summed E-state index contributed by atoms with van der Waals surface area (Å²) in [6.45, 7) is 6.31. The smallest absolute Gasteiger partial charge is 0.363 e. The number of halogens is 3. The molecule has 3 heterocycles. The van der Waals surface area contributed by atoms with Crippen LogP contribution >= 0.6 is 22.7 Å². The Morgan fingerprint density at radius 1 is 0.921 bits per heavy atom. The Morgan fingerprint density at radius 3 is 2.34 bits per heavy atom. The van der Waals surface area contributed by atoms with Gasteiger partial charge in [0.15, 0.2) is 10.8 Å². The molecule has 0 radical (unpaired) electrons. The second-order valence-corrected chi connectivity index (χ2v) is 11.4. The van der Waals surface area contributed by atoms with Crippen LogP contribution < -0.4 is 20.0 Å². The minimum absolute atomic E-state index is 0.301. The number of alkyl halides is 3. The molecule has 10 heteroatoms. The zero-order valence-corrected chi connectivity index (χ0v) is 23.4. The first kappa shape index (κ1) is 26.4. The predicted molar refractivity (Wildman–Crippen MR) is 155 cm³/mol. The molecule has 1 saturated heterocycles. The van der Waals surface area contributed by atoms with Crippen molar-refractivity contribution in [2.24, 2.45) is 0 Å². The molecule has 200 valence electrons. The number of benzene rings is 2. The SMILES string of the molecule is Cc1cc(N(C)c2ccc(N3CCCC3)s2)ccc1Nc1ccc(N(C)c2nc(C(F)(F)F)cs2)c(C)c1. The molecule has 1 aliphatic heterocycles. The van der Waals surface area contributed by atoms with Crippen LogP contribution in [0.4, 0.5) is 51.1 Å². The molecule has 5 nitrogen and oxygen atoms in total. The maximum Gasteiger partial charge on any atom is 0.434 e. The number of rotatable bonds is 7. The maximum atomic E-state index is 13.0. The number of hydrogen-bond donors (Lipinski definition) is 1. The molecule has 5 rings (SSSR count). The number of nitrogens with one attached hydrogen (secondary N) is 1. The minimum atomic E-state index is -4.44. The molecule has 2 aromatic carbocycles. The molecule has 0 saturated carbocycles. The third-order valence-corrected chi connectivity index (χ3v) is 8.97. The highest BCUT2D eigenvalue weighted by Crippen LogP contribution is 2.39. The van der Waals surface area contributed by atoms with Crippen molar-refractivity contribution in [2.75, 3.05) is 47.2 Å². The van der Waals surface area contributed by atoms with Crippen molar-refractivity contribution in [1.82, 2.24) is 4.98 Å². The van der Waals surface area contributed by atoms with Gasteiger partial charge in [0.1, 0.15) is 0 Å². The number of thiazole rings is 1. The van der Waals surface area contributed by atoms with E-state index in [1.807, 2.05) is 36.5 Å². The van der Waals surface area contributed by atoms with Crippen LogP contribution in [0.1, 0.15) is 29.7 Å². The predicted octanol–water partition coefficient (Wildman–Crippen LogP) is 8.72. The Kier molecular flexibility index (Phi) is 7.28. The summed E-state index contributed by atoms with van der Waals surface area (Å²) < 4.78 is 38.9. The summed E-state index contributed by atoms with van der Waals surface area (Å²) in [5, 5.41) is 7.38. The molecule has 1 aliphatic rings. The van der Waals surface area contributed by atoms with E-state index in [1.54, 1.807) is 11.9 Å². The molecule has 1 N–H and O–H groups in total. The summed E-state index contributed by atoms with van der Waals surface area (Å²) in [4.78, 5) is 10.1. The van der Waals surface area contributed by atoms with Crippen LogP contribution in [-0.4, -0.2) is 32.2 Å². The third kappa shape index (κ3) is 5.47. The molecule has 0 spiro atoms. The van der Waals surface area contributed by atoms with Gasteiger partial charge in [0.05, 0.1) is 10.0 Å². The largest absolute Gasteiger partial charge is 0.434 e. The highest BCUT2D eigenvalue weighted by atomic mass is 32.1. The first-order valence-corrected chi connectivity index (χ1v) is 14.1. The molecule has 2 aromatic heterocycles. The molecule has 0 aliphatic carbocycles. The van der Waals surface area contributed by atoms with Gasteiger partial charge in [-0.3, -0.25) is 0 Å².